The first-order valence-corrected chi connectivity index (χ1v) is 19.5. The van der Waals surface area contributed by atoms with E-state index in [2.05, 4.69) is 47.2 Å². The zero-order valence-corrected chi connectivity index (χ0v) is 30.8. The van der Waals surface area contributed by atoms with Gasteiger partial charge in [0.15, 0.2) is 0 Å². The van der Waals surface area contributed by atoms with E-state index in [1.54, 1.807) is 4.90 Å². The van der Waals surface area contributed by atoms with E-state index in [1.165, 1.54) is 28.4 Å². The predicted octanol–water partition coefficient (Wildman–Crippen LogP) is 6.47. The highest BCUT2D eigenvalue weighted by molar-refractivity contribution is 7.89. The Morgan fingerprint density at radius 2 is 1.62 bits per heavy atom. The molecule has 3 aliphatic rings. The predicted molar refractivity (Wildman–Crippen MR) is 190 cm³/mol. The van der Waals surface area contributed by atoms with E-state index in [1.807, 2.05) is 7.05 Å². The largest absolute Gasteiger partial charge is 0.370 e. The number of benzene rings is 2. The van der Waals surface area contributed by atoms with E-state index in [-0.39, 0.29) is 44.6 Å². The van der Waals surface area contributed by atoms with Crippen LogP contribution in [0, 0.1) is 5.92 Å². The van der Waals surface area contributed by atoms with Crippen molar-refractivity contribution in [3.8, 4) is 0 Å². The summed E-state index contributed by atoms with van der Waals surface area (Å²) in [5, 5.41) is 0.249. The summed E-state index contributed by atoms with van der Waals surface area (Å²) >= 11 is 18.6. The molecule has 2 saturated heterocycles. The van der Waals surface area contributed by atoms with Crippen LogP contribution in [-0.2, 0) is 26.0 Å². The summed E-state index contributed by atoms with van der Waals surface area (Å²) in [6.45, 7) is 5.54. The van der Waals surface area contributed by atoms with Gasteiger partial charge in [-0.1, -0.05) is 71.6 Å². The molecule has 2 aromatic carbocycles. The van der Waals surface area contributed by atoms with E-state index >= 15 is 0 Å². The molecule has 5 rings (SSSR count). The number of aryl methyl sites for hydroxylation is 1. The van der Waals surface area contributed by atoms with Crippen LogP contribution in [0.15, 0.2) is 47.4 Å². The third-order valence-electron chi connectivity index (χ3n) is 10.5. The van der Waals surface area contributed by atoms with Gasteiger partial charge in [-0.2, -0.15) is 4.31 Å². The molecule has 8 nitrogen and oxygen atoms in total. The molecule has 2 aliphatic heterocycles. The van der Waals surface area contributed by atoms with Gasteiger partial charge in [-0.15, -0.1) is 0 Å². The van der Waals surface area contributed by atoms with Crippen LogP contribution in [0.2, 0.25) is 15.1 Å². The van der Waals surface area contributed by atoms with E-state index in [0.717, 1.165) is 71.1 Å². The number of carbonyl (C=O) groups excluding carboxylic acids is 1. The normalized spacial score (nSPS) is 25.1. The summed E-state index contributed by atoms with van der Waals surface area (Å²) in [5.74, 6) is 0.369. The summed E-state index contributed by atoms with van der Waals surface area (Å²) in [6.07, 6.45) is 9.00. The molecule has 0 spiro atoms. The number of ether oxygens (including phenoxy) is 1. The second kappa shape index (κ2) is 16.5. The van der Waals surface area contributed by atoms with Crippen LogP contribution in [0.3, 0.4) is 0 Å². The van der Waals surface area contributed by atoms with E-state index in [9.17, 15) is 13.2 Å². The van der Waals surface area contributed by atoms with Crippen molar-refractivity contribution >= 4 is 50.7 Å². The van der Waals surface area contributed by atoms with Crippen molar-refractivity contribution in [2.45, 2.75) is 74.3 Å². The molecule has 2 aromatic rings. The molecule has 0 radical (unpaired) electrons. The maximum Gasteiger partial charge on any atom is 0.248 e. The molecule has 1 amide bonds. The molecule has 0 N–H and O–H groups in total. The van der Waals surface area contributed by atoms with Crippen LogP contribution in [-0.4, -0.2) is 111 Å². The Bertz CT molecular complexity index is 1420. The monoisotopic (exact) mass is 726 g/mol. The maximum absolute atomic E-state index is 13.6. The zero-order valence-electron chi connectivity index (χ0n) is 27.7. The topological polar surface area (TPSA) is 73.4 Å². The molecule has 47 heavy (non-hydrogen) atoms. The molecule has 260 valence electrons. The van der Waals surface area contributed by atoms with Gasteiger partial charge in [-0.05, 0) is 82.0 Å². The van der Waals surface area contributed by atoms with Crippen LogP contribution in [0.4, 0.5) is 0 Å². The lowest BCUT2D eigenvalue weighted by Gasteiger charge is -2.51. The molecule has 1 aliphatic carbocycles. The Hall–Kier alpha value is -1.43. The van der Waals surface area contributed by atoms with Gasteiger partial charge in [0.25, 0.3) is 0 Å². The minimum Gasteiger partial charge on any atom is -0.370 e. The number of rotatable bonds is 12. The van der Waals surface area contributed by atoms with Gasteiger partial charge >= 0.3 is 0 Å². The summed E-state index contributed by atoms with van der Waals surface area (Å²) in [7, 11) is 0.0762. The number of piperazine rings is 1. The number of likely N-dealkylation sites (N-methyl/N-ethyl adjacent to an activating group) is 2. The summed E-state index contributed by atoms with van der Waals surface area (Å²) in [5.41, 5.74) is 1.62. The quantitative estimate of drug-likeness (QED) is 0.250. The summed E-state index contributed by atoms with van der Waals surface area (Å²) in [6, 6.07) is 13.2. The SMILES string of the molecule is CN1CCN(C2(CCc3ccccc3)CCC(CN(C)C(=O)COCC3CCCCN3S(=O)(=O)c3c(Cl)cc(Cl)cc3Cl)CC2)CC1. The number of halogens is 3. The van der Waals surface area contributed by atoms with Gasteiger partial charge in [-0.3, -0.25) is 9.69 Å². The van der Waals surface area contributed by atoms with Crippen LogP contribution < -0.4 is 0 Å². The van der Waals surface area contributed by atoms with E-state index in [4.69, 9.17) is 39.5 Å². The molecule has 1 unspecified atom stereocenters. The van der Waals surface area contributed by atoms with Crippen LogP contribution in [0.5, 0.6) is 0 Å². The lowest BCUT2D eigenvalue weighted by molar-refractivity contribution is -0.136. The smallest absolute Gasteiger partial charge is 0.248 e. The van der Waals surface area contributed by atoms with Crippen molar-refractivity contribution in [2.75, 3.05) is 66.6 Å². The number of carbonyl (C=O) groups is 1. The maximum atomic E-state index is 13.6. The van der Waals surface area contributed by atoms with Crippen LogP contribution in [0.25, 0.3) is 0 Å². The third kappa shape index (κ3) is 9.23. The highest BCUT2D eigenvalue weighted by Gasteiger charge is 2.41. The van der Waals surface area contributed by atoms with Crippen LogP contribution >= 0.6 is 34.8 Å². The molecule has 0 bridgehead atoms. The Morgan fingerprint density at radius 1 is 0.957 bits per heavy atom. The molecule has 2 heterocycles. The first kappa shape index (κ1) is 36.8. The number of hydrogen-bond donors (Lipinski definition) is 0. The van der Waals surface area contributed by atoms with Crippen molar-refractivity contribution < 1.29 is 17.9 Å². The molecule has 0 aromatic heterocycles. The van der Waals surface area contributed by atoms with Crippen molar-refractivity contribution in [1.29, 1.82) is 0 Å². The molecule has 3 fully saturated rings. The molecule has 1 saturated carbocycles. The van der Waals surface area contributed by atoms with Crippen molar-refractivity contribution in [3.63, 3.8) is 0 Å². The van der Waals surface area contributed by atoms with Gasteiger partial charge in [0.2, 0.25) is 15.9 Å². The lowest BCUT2D eigenvalue weighted by Crippen LogP contribution is -2.58. The average molecular weight is 728 g/mol. The highest BCUT2D eigenvalue weighted by Crippen LogP contribution is 2.41. The Labute approximate surface area is 296 Å². The fourth-order valence-electron chi connectivity index (χ4n) is 7.66. The zero-order chi connectivity index (χ0) is 33.6. The minimum absolute atomic E-state index is 0.00998. The van der Waals surface area contributed by atoms with Crippen LogP contribution in [0.1, 0.15) is 56.9 Å². The van der Waals surface area contributed by atoms with Gasteiger partial charge in [-0.25, -0.2) is 8.42 Å². The van der Waals surface area contributed by atoms with Gasteiger partial charge in [0, 0.05) is 62.9 Å². The van der Waals surface area contributed by atoms with Crippen molar-refractivity contribution in [2.24, 2.45) is 5.92 Å². The second-order valence-corrected chi connectivity index (χ2v) is 16.8. The Balaban J connectivity index is 1.12. The number of sulfonamides is 1. The standard InChI is InChI=1S/C35H49Cl3N4O4S/c1-39-18-20-41(21-19-39)35(14-11-27-8-4-3-5-9-27)15-12-28(13-16-35)24-40(2)33(43)26-46-25-30-10-6-7-17-42(30)47(44,45)34-31(37)22-29(36)23-32(34)38/h3-5,8-9,22-23,28,30H,6-7,10-21,24-26H2,1-2H3. The second-order valence-electron chi connectivity index (χ2n) is 13.7. The number of nitrogens with zero attached hydrogens (tertiary/aromatic N) is 4. The average Bonchev–Trinajstić information content (AvgIpc) is 3.05. The third-order valence-corrected chi connectivity index (χ3v) is 13.6. The van der Waals surface area contributed by atoms with Gasteiger partial charge in [0.05, 0.1) is 16.7 Å². The fourth-order valence-corrected chi connectivity index (χ4v) is 10.8. The van der Waals surface area contributed by atoms with E-state index < -0.39 is 16.1 Å². The summed E-state index contributed by atoms with van der Waals surface area (Å²) < 4.78 is 34.6. The first-order valence-electron chi connectivity index (χ1n) is 16.9. The molecular weight excluding hydrogens is 679 g/mol. The molecule has 1 atom stereocenters. The Kier molecular flexibility index (Phi) is 12.9. The highest BCUT2D eigenvalue weighted by atomic mass is 35.5. The fraction of sp³-hybridized carbons (Fsp3) is 0.629. The summed E-state index contributed by atoms with van der Waals surface area (Å²) in [4.78, 5) is 20.0. The number of amides is 1. The van der Waals surface area contributed by atoms with E-state index in [0.29, 0.717) is 25.4 Å². The van der Waals surface area contributed by atoms with Gasteiger partial charge < -0.3 is 14.5 Å². The van der Waals surface area contributed by atoms with Gasteiger partial charge in [0.1, 0.15) is 11.5 Å². The molecule has 12 heteroatoms. The van der Waals surface area contributed by atoms with Crippen molar-refractivity contribution in [3.05, 3.63) is 63.1 Å². The van der Waals surface area contributed by atoms with Crippen molar-refractivity contribution in [1.82, 2.24) is 19.0 Å². The minimum atomic E-state index is -3.99. The molecular formula is C35H49Cl3N4O4S. The Morgan fingerprint density at radius 3 is 2.28 bits per heavy atom. The first-order chi connectivity index (χ1) is 22.5. The lowest BCUT2D eigenvalue weighted by atomic mass is 9.72. The number of hydrogen-bond acceptors (Lipinski definition) is 6. The number of piperidine rings is 1.